The fourth-order valence-electron chi connectivity index (χ4n) is 2.25. The zero-order valence-corrected chi connectivity index (χ0v) is 13.3. The lowest BCUT2D eigenvalue weighted by atomic mass is 10.1. The van der Waals surface area contributed by atoms with Crippen molar-refractivity contribution in [3.63, 3.8) is 0 Å². The summed E-state index contributed by atoms with van der Waals surface area (Å²) in [4.78, 5) is 24.4. The summed E-state index contributed by atoms with van der Waals surface area (Å²) in [6.45, 7) is 1.97. The molecule has 2 heterocycles. The van der Waals surface area contributed by atoms with E-state index in [4.69, 9.17) is 9.15 Å². The molecule has 0 atom stereocenters. The molecule has 0 aliphatic carbocycles. The van der Waals surface area contributed by atoms with Crippen molar-refractivity contribution in [3.8, 4) is 5.75 Å². The maximum atomic E-state index is 11.8. The van der Waals surface area contributed by atoms with E-state index in [1.807, 2.05) is 24.4 Å². The number of fused-ring (bicyclic) bond motifs is 1. The van der Waals surface area contributed by atoms with E-state index in [2.05, 4.69) is 0 Å². The van der Waals surface area contributed by atoms with Crippen molar-refractivity contribution in [1.29, 1.82) is 0 Å². The van der Waals surface area contributed by atoms with Gasteiger partial charge in [-0.05, 0) is 41.6 Å². The third kappa shape index (κ3) is 3.57. The minimum atomic E-state index is -0.480. The van der Waals surface area contributed by atoms with Gasteiger partial charge in [0.1, 0.15) is 11.3 Å². The van der Waals surface area contributed by atoms with Crippen LogP contribution in [0, 0.1) is 0 Å². The molecule has 5 heteroatoms. The first-order valence-corrected chi connectivity index (χ1v) is 8.04. The van der Waals surface area contributed by atoms with Gasteiger partial charge in [-0.15, -0.1) is 11.3 Å². The third-order valence-corrected chi connectivity index (χ3v) is 4.17. The van der Waals surface area contributed by atoms with Gasteiger partial charge in [0.2, 0.25) is 0 Å². The highest BCUT2D eigenvalue weighted by atomic mass is 32.1. The molecule has 23 heavy (non-hydrogen) atoms. The Labute approximate surface area is 136 Å². The summed E-state index contributed by atoms with van der Waals surface area (Å²) in [5.41, 5.74) is 0.920. The molecule has 1 aromatic carbocycles. The number of esters is 1. The fraction of sp³-hybridized carbons (Fsp3) is 0.111. The molecule has 0 radical (unpaired) electrons. The summed E-state index contributed by atoms with van der Waals surface area (Å²) in [5, 5.41) is 2.78. The van der Waals surface area contributed by atoms with Crippen LogP contribution >= 0.6 is 11.3 Å². The van der Waals surface area contributed by atoms with Crippen LogP contribution in [0.25, 0.3) is 17.0 Å². The topological polar surface area (TPSA) is 56.5 Å². The summed E-state index contributed by atoms with van der Waals surface area (Å²) in [5.74, 6) is -0.138. The lowest BCUT2D eigenvalue weighted by Gasteiger charge is -2.05. The number of thiophene rings is 1. The molecule has 0 aliphatic heterocycles. The van der Waals surface area contributed by atoms with Crippen LogP contribution in [0.1, 0.15) is 17.4 Å². The van der Waals surface area contributed by atoms with Crippen molar-refractivity contribution in [2.75, 3.05) is 0 Å². The smallest absolute Gasteiger partial charge is 0.336 e. The fourth-order valence-corrected chi connectivity index (χ4v) is 2.87. The number of benzene rings is 1. The number of carbonyl (C=O) groups excluding carboxylic acids is 1. The zero-order chi connectivity index (χ0) is 16.2. The van der Waals surface area contributed by atoms with Crippen LogP contribution in [0.15, 0.2) is 57.1 Å². The molecular formula is C18H14O4S. The van der Waals surface area contributed by atoms with E-state index >= 15 is 0 Å². The molecule has 0 aliphatic rings. The van der Waals surface area contributed by atoms with Gasteiger partial charge in [-0.1, -0.05) is 13.0 Å². The van der Waals surface area contributed by atoms with Crippen LogP contribution in [0.4, 0.5) is 0 Å². The first-order chi connectivity index (χ1) is 11.2. The van der Waals surface area contributed by atoms with Crippen molar-refractivity contribution < 1.29 is 13.9 Å². The monoisotopic (exact) mass is 326 g/mol. The van der Waals surface area contributed by atoms with Crippen molar-refractivity contribution in [1.82, 2.24) is 0 Å². The second kappa shape index (κ2) is 6.62. The van der Waals surface area contributed by atoms with E-state index in [0.717, 1.165) is 22.2 Å². The van der Waals surface area contributed by atoms with E-state index in [9.17, 15) is 9.59 Å². The standard InChI is InChI=1S/C18H14O4S/c1-2-12-10-18(20)22-16-11-13(5-7-15(12)16)21-17(19)8-6-14-4-3-9-23-14/h3-11H,2H2,1H3/b8-6+. The SMILES string of the molecule is CCc1cc(=O)oc2cc(OC(=O)/C=C/c3cccs3)ccc12. The van der Waals surface area contributed by atoms with Gasteiger partial charge < -0.3 is 9.15 Å². The van der Waals surface area contributed by atoms with E-state index in [-0.39, 0.29) is 0 Å². The number of hydrogen-bond acceptors (Lipinski definition) is 5. The van der Waals surface area contributed by atoms with Gasteiger partial charge in [-0.25, -0.2) is 9.59 Å². The van der Waals surface area contributed by atoms with Gasteiger partial charge in [-0.2, -0.15) is 0 Å². The molecule has 3 aromatic rings. The first kappa shape index (κ1) is 15.2. The van der Waals surface area contributed by atoms with Crippen LogP contribution in [0.5, 0.6) is 5.75 Å². The Balaban J connectivity index is 1.83. The van der Waals surface area contributed by atoms with E-state index < -0.39 is 11.6 Å². The number of carbonyl (C=O) groups is 1. The van der Waals surface area contributed by atoms with Crippen LogP contribution in [-0.2, 0) is 11.2 Å². The largest absolute Gasteiger partial charge is 0.423 e. The van der Waals surface area contributed by atoms with Gasteiger partial charge in [0.05, 0.1) is 0 Å². The minimum Gasteiger partial charge on any atom is -0.423 e. The highest BCUT2D eigenvalue weighted by molar-refractivity contribution is 7.10. The average molecular weight is 326 g/mol. The summed E-state index contributed by atoms with van der Waals surface area (Å²) in [6, 6.07) is 10.4. The summed E-state index contributed by atoms with van der Waals surface area (Å²) in [7, 11) is 0. The minimum absolute atomic E-state index is 0.342. The number of aryl methyl sites for hydroxylation is 1. The highest BCUT2D eigenvalue weighted by Crippen LogP contribution is 2.23. The van der Waals surface area contributed by atoms with Crippen LogP contribution in [0.3, 0.4) is 0 Å². The van der Waals surface area contributed by atoms with Gasteiger partial charge in [0.25, 0.3) is 0 Å². The summed E-state index contributed by atoms with van der Waals surface area (Å²) in [6.07, 6.45) is 3.79. The molecule has 3 rings (SSSR count). The van der Waals surface area contributed by atoms with Crippen molar-refractivity contribution >= 4 is 34.4 Å². The molecule has 0 saturated heterocycles. The van der Waals surface area contributed by atoms with Gasteiger partial charge in [0, 0.05) is 28.5 Å². The summed E-state index contributed by atoms with van der Waals surface area (Å²) < 4.78 is 10.4. The Kier molecular flexibility index (Phi) is 4.39. The average Bonchev–Trinajstić information content (AvgIpc) is 3.05. The molecule has 0 N–H and O–H groups in total. The maximum absolute atomic E-state index is 11.8. The Morgan fingerprint density at radius 3 is 2.91 bits per heavy atom. The predicted octanol–water partition coefficient (Wildman–Crippen LogP) is 4.04. The molecule has 0 bridgehead atoms. The molecule has 0 fully saturated rings. The molecule has 0 amide bonds. The number of hydrogen-bond donors (Lipinski definition) is 0. The quantitative estimate of drug-likeness (QED) is 0.314. The normalized spacial score (nSPS) is 11.2. The Morgan fingerprint density at radius 1 is 1.30 bits per heavy atom. The van der Waals surface area contributed by atoms with Crippen molar-refractivity contribution in [2.24, 2.45) is 0 Å². The lowest BCUT2D eigenvalue weighted by molar-refractivity contribution is -0.128. The molecule has 0 unspecified atom stereocenters. The number of rotatable bonds is 4. The molecular weight excluding hydrogens is 312 g/mol. The van der Waals surface area contributed by atoms with E-state index in [0.29, 0.717) is 11.3 Å². The molecule has 116 valence electrons. The van der Waals surface area contributed by atoms with Crippen molar-refractivity contribution in [3.05, 3.63) is 68.7 Å². The third-order valence-electron chi connectivity index (χ3n) is 3.33. The maximum Gasteiger partial charge on any atom is 0.336 e. The molecule has 2 aromatic heterocycles. The second-order valence-corrected chi connectivity index (χ2v) is 5.85. The molecule has 4 nitrogen and oxygen atoms in total. The Morgan fingerprint density at radius 2 is 2.17 bits per heavy atom. The van der Waals surface area contributed by atoms with E-state index in [1.54, 1.807) is 24.3 Å². The Hall–Kier alpha value is -2.66. The highest BCUT2D eigenvalue weighted by Gasteiger charge is 2.07. The zero-order valence-electron chi connectivity index (χ0n) is 12.4. The van der Waals surface area contributed by atoms with E-state index in [1.165, 1.54) is 23.5 Å². The van der Waals surface area contributed by atoms with Crippen molar-refractivity contribution in [2.45, 2.75) is 13.3 Å². The Bertz CT molecular complexity index is 920. The van der Waals surface area contributed by atoms with Gasteiger partial charge in [0.15, 0.2) is 0 Å². The van der Waals surface area contributed by atoms with Gasteiger partial charge >= 0.3 is 11.6 Å². The molecule has 0 spiro atoms. The first-order valence-electron chi connectivity index (χ1n) is 7.16. The van der Waals surface area contributed by atoms with Crippen LogP contribution in [-0.4, -0.2) is 5.97 Å². The predicted molar refractivity (Wildman–Crippen MR) is 90.9 cm³/mol. The van der Waals surface area contributed by atoms with Crippen LogP contribution < -0.4 is 10.4 Å². The second-order valence-electron chi connectivity index (χ2n) is 4.87. The molecule has 0 saturated carbocycles. The lowest BCUT2D eigenvalue weighted by Crippen LogP contribution is -2.04. The number of ether oxygens (including phenoxy) is 1. The summed E-state index contributed by atoms with van der Waals surface area (Å²) >= 11 is 1.53. The van der Waals surface area contributed by atoms with Gasteiger partial charge in [-0.3, -0.25) is 0 Å². The van der Waals surface area contributed by atoms with Crippen LogP contribution in [0.2, 0.25) is 0 Å².